The SMILES string of the molecule is C=C1CCC(Br)C(=O)N1. The van der Waals surface area contributed by atoms with Crippen molar-refractivity contribution >= 4 is 21.8 Å². The summed E-state index contributed by atoms with van der Waals surface area (Å²) in [5.41, 5.74) is 0.829. The Morgan fingerprint density at radius 2 is 2.44 bits per heavy atom. The van der Waals surface area contributed by atoms with Crippen molar-refractivity contribution in [3.63, 3.8) is 0 Å². The maximum absolute atomic E-state index is 10.8. The molecular weight excluding hydrogens is 182 g/mol. The number of allylic oxidation sites excluding steroid dienone is 1. The first-order valence-electron chi connectivity index (χ1n) is 2.83. The molecule has 0 aromatic heterocycles. The fourth-order valence-corrected chi connectivity index (χ4v) is 1.09. The maximum Gasteiger partial charge on any atom is 0.237 e. The number of hydrogen-bond donors (Lipinski definition) is 1. The van der Waals surface area contributed by atoms with Gasteiger partial charge in [-0.15, -0.1) is 0 Å². The van der Waals surface area contributed by atoms with Crippen LogP contribution in [0.1, 0.15) is 12.8 Å². The van der Waals surface area contributed by atoms with E-state index < -0.39 is 0 Å². The Balaban J connectivity index is 2.54. The van der Waals surface area contributed by atoms with Crippen molar-refractivity contribution in [3.8, 4) is 0 Å². The molecule has 1 atom stereocenters. The summed E-state index contributed by atoms with van der Waals surface area (Å²) in [7, 11) is 0. The van der Waals surface area contributed by atoms with Crippen LogP contribution in [0.4, 0.5) is 0 Å². The fourth-order valence-electron chi connectivity index (χ4n) is 0.747. The van der Waals surface area contributed by atoms with Crippen LogP contribution in [0.2, 0.25) is 0 Å². The predicted octanol–water partition coefficient (Wildman–Crippen LogP) is 1.17. The molecule has 1 fully saturated rings. The van der Waals surface area contributed by atoms with Gasteiger partial charge in [-0.05, 0) is 12.8 Å². The molecule has 1 aliphatic heterocycles. The normalized spacial score (nSPS) is 27.9. The van der Waals surface area contributed by atoms with Crippen LogP contribution in [0, 0.1) is 0 Å². The van der Waals surface area contributed by atoms with Crippen LogP contribution in [0.3, 0.4) is 0 Å². The zero-order valence-corrected chi connectivity index (χ0v) is 6.57. The Kier molecular flexibility index (Phi) is 1.90. The zero-order chi connectivity index (χ0) is 6.85. The number of hydrogen-bond acceptors (Lipinski definition) is 1. The van der Waals surface area contributed by atoms with Crippen molar-refractivity contribution in [2.75, 3.05) is 0 Å². The standard InChI is InChI=1S/C6H8BrNO/c1-4-2-3-5(7)6(9)8-4/h5H,1-3H2,(H,8,9). The Morgan fingerprint density at radius 3 is 2.89 bits per heavy atom. The van der Waals surface area contributed by atoms with E-state index in [0.29, 0.717) is 0 Å². The molecule has 9 heavy (non-hydrogen) atoms. The Morgan fingerprint density at radius 1 is 1.78 bits per heavy atom. The van der Waals surface area contributed by atoms with Gasteiger partial charge in [-0.3, -0.25) is 4.79 Å². The van der Waals surface area contributed by atoms with Crippen LogP contribution in [0.25, 0.3) is 0 Å². The number of amides is 1. The summed E-state index contributed by atoms with van der Waals surface area (Å²) in [6.07, 6.45) is 1.76. The molecule has 1 rings (SSSR count). The first-order valence-corrected chi connectivity index (χ1v) is 3.74. The average Bonchev–Trinajstić information content (AvgIpc) is 1.80. The second kappa shape index (κ2) is 2.52. The van der Waals surface area contributed by atoms with Crippen molar-refractivity contribution in [2.45, 2.75) is 17.7 Å². The summed E-state index contributed by atoms with van der Waals surface area (Å²) in [5.74, 6) is 0.0336. The number of nitrogens with one attached hydrogen (secondary N) is 1. The van der Waals surface area contributed by atoms with E-state index >= 15 is 0 Å². The van der Waals surface area contributed by atoms with E-state index in [1.54, 1.807) is 0 Å². The highest BCUT2D eigenvalue weighted by Gasteiger charge is 2.19. The Labute approximate surface area is 62.4 Å². The van der Waals surface area contributed by atoms with E-state index in [0.717, 1.165) is 18.5 Å². The molecule has 0 aliphatic carbocycles. The topological polar surface area (TPSA) is 29.1 Å². The lowest BCUT2D eigenvalue weighted by Crippen LogP contribution is -2.34. The first kappa shape index (κ1) is 6.81. The molecule has 0 saturated carbocycles. The van der Waals surface area contributed by atoms with Gasteiger partial charge in [-0.25, -0.2) is 0 Å². The molecule has 1 amide bonds. The van der Waals surface area contributed by atoms with Crippen LogP contribution in [0.15, 0.2) is 12.3 Å². The van der Waals surface area contributed by atoms with Gasteiger partial charge in [0.1, 0.15) is 0 Å². The molecule has 3 heteroatoms. The summed E-state index contributed by atoms with van der Waals surface area (Å²) in [5, 5.41) is 2.65. The van der Waals surface area contributed by atoms with Crippen molar-refractivity contribution in [1.29, 1.82) is 0 Å². The highest BCUT2D eigenvalue weighted by atomic mass is 79.9. The average molecular weight is 190 g/mol. The lowest BCUT2D eigenvalue weighted by atomic mass is 10.1. The number of rotatable bonds is 0. The summed E-state index contributed by atoms with van der Waals surface area (Å²) in [4.78, 5) is 10.8. The molecule has 1 N–H and O–H groups in total. The smallest absolute Gasteiger partial charge is 0.237 e. The number of carbonyl (C=O) groups excluding carboxylic acids is 1. The van der Waals surface area contributed by atoms with E-state index in [4.69, 9.17) is 0 Å². The van der Waals surface area contributed by atoms with E-state index in [1.807, 2.05) is 0 Å². The lowest BCUT2D eigenvalue weighted by molar-refractivity contribution is -0.120. The second-order valence-electron chi connectivity index (χ2n) is 2.10. The van der Waals surface area contributed by atoms with E-state index in [2.05, 4.69) is 27.8 Å². The summed E-state index contributed by atoms with van der Waals surface area (Å²) < 4.78 is 0. The molecule has 1 unspecified atom stereocenters. The fraction of sp³-hybridized carbons (Fsp3) is 0.500. The van der Waals surface area contributed by atoms with Gasteiger partial charge in [0.25, 0.3) is 0 Å². The summed E-state index contributed by atoms with van der Waals surface area (Å²) in [6.45, 7) is 3.65. The monoisotopic (exact) mass is 189 g/mol. The quantitative estimate of drug-likeness (QED) is 0.571. The second-order valence-corrected chi connectivity index (χ2v) is 3.20. The van der Waals surface area contributed by atoms with Crippen LogP contribution in [-0.2, 0) is 4.79 Å². The summed E-state index contributed by atoms with van der Waals surface area (Å²) >= 11 is 3.23. The van der Waals surface area contributed by atoms with Crippen molar-refractivity contribution in [3.05, 3.63) is 12.3 Å². The largest absolute Gasteiger partial charge is 0.329 e. The molecule has 1 heterocycles. The minimum absolute atomic E-state index is 0.0111. The summed E-state index contributed by atoms with van der Waals surface area (Å²) in [6, 6.07) is 0. The number of halogens is 1. The third kappa shape index (κ3) is 1.55. The van der Waals surface area contributed by atoms with E-state index in [-0.39, 0.29) is 10.7 Å². The van der Waals surface area contributed by atoms with Crippen molar-refractivity contribution in [1.82, 2.24) is 5.32 Å². The highest BCUT2D eigenvalue weighted by molar-refractivity contribution is 9.10. The molecule has 0 radical (unpaired) electrons. The van der Waals surface area contributed by atoms with Gasteiger partial charge < -0.3 is 5.32 Å². The molecule has 1 aliphatic rings. The van der Waals surface area contributed by atoms with Crippen LogP contribution in [-0.4, -0.2) is 10.7 Å². The Hall–Kier alpha value is -0.310. The van der Waals surface area contributed by atoms with Gasteiger partial charge in [0.2, 0.25) is 5.91 Å². The van der Waals surface area contributed by atoms with E-state index in [1.165, 1.54) is 0 Å². The van der Waals surface area contributed by atoms with Gasteiger partial charge in [0.15, 0.2) is 0 Å². The third-order valence-electron chi connectivity index (χ3n) is 1.28. The molecule has 0 spiro atoms. The lowest BCUT2D eigenvalue weighted by Gasteiger charge is -2.18. The number of carbonyl (C=O) groups is 1. The molecule has 2 nitrogen and oxygen atoms in total. The molecular formula is C6H8BrNO. The molecule has 0 aromatic carbocycles. The van der Waals surface area contributed by atoms with Gasteiger partial charge in [0, 0.05) is 5.70 Å². The minimum Gasteiger partial charge on any atom is -0.329 e. The van der Waals surface area contributed by atoms with Crippen LogP contribution < -0.4 is 5.32 Å². The van der Waals surface area contributed by atoms with Gasteiger partial charge >= 0.3 is 0 Å². The van der Waals surface area contributed by atoms with Gasteiger partial charge in [0.05, 0.1) is 4.83 Å². The van der Waals surface area contributed by atoms with Gasteiger partial charge in [-0.1, -0.05) is 22.5 Å². The highest BCUT2D eigenvalue weighted by Crippen LogP contribution is 2.16. The number of piperidine rings is 1. The molecule has 0 aromatic rings. The van der Waals surface area contributed by atoms with Crippen LogP contribution in [0.5, 0.6) is 0 Å². The zero-order valence-electron chi connectivity index (χ0n) is 4.98. The molecule has 1 saturated heterocycles. The van der Waals surface area contributed by atoms with E-state index in [9.17, 15) is 4.79 Å². The molecule has 50 valence electrons. The van der Waals surface area contributed by atoms with Gasteiger partial charge in [-0.2, -0.15) is 0 Å². The van der Waals surface area contributed by atoms with Crippen molar-refractivity contribution in [2.24, 2.45) is 0 Å². The molecule has 0 bridgehead atoms. The Bertz CT molecular complexity index is 155. The van der Waals surface area contributed by atoms with Crippen molar-refractivity contribution < 1.29 is 4.79 Å². The first-order chi connectivity index (χ1) is 4.20. The minimum atomic E-state index is -0.0111. The number of alkyl halides is 1. The third-order valence-corrected chi connectivity index (χ3v) is 2.16. The maximum atomic E-state index is 10.8. The van der Waals surface area contributed by atoms with Crippen LogP contribution >= 0.6 is 15.9 Å². The predicted molar refractivity (Wildman–Crippen MR) is 39.2 cm³/mol.